The average molecular weight is 196 g/mol. The average Bonchev–Trinajstić information content (AvgIpc) is 2.37. The molecule has 2 aliphatic rings. The first-order valence-electron chi connectivity index (χ1n) is 3.92. The van der Waals surface area contributed by atoms with Crippen LogP contribution in [0.1, 0.15) is 13.3 Å². The summed E-state index contributed by atoms with van der Waals surface area (Å²) >= 11 is 1.23. The third-order valence-corrected chi connectivity index (χ3v) is 3.41. The first kappa shape index (κ1) is 8.45. The number of hydrogen-bond donors (Lipinski definition) is 1. The SMILES string of the molecule is C[C@]12NC(=O)S[C@@H]1CC=C(C#N)O2. The summed E-state index contributed by atoms with van der Waals surface area (Å²) in [6, 6.07) is 1.93. The molecule has 13 heavy (non-hydrogen) atoms. The van der Waals surface area contributed by atoms with Gasteiger partial charge in [0.05, 0.1) is 5.25 Å². The van der Waals surface area contributed by atoms with Crippen molar-refractivity contribution in [2.75, 3.05) is 0 Å². The maximum Gasteiger partial charge on any atom is 0.282 e. The Labute approximate surface area is 79.9 Å². The van der Waals surface area contributed by atoms with Crippen LogP contribution >= 0.6 is 11.8 Å². The number of fused-ring (bicyclic) bond motifs is 1. The lowest BCUT2D eigenvalue weighted by molar-refractivity contribution is 0.00219. The van der Waals surface area contributed by atoms with Gasteiger partial charge in [-0.2, -0.15) is 5.26 Å². The Hall–Kier alpha value is -1.15. The molecular weight excluding hydrogens is 188 g/mol. The van der Waals surface area contributed by atoms with Crippen molar-refractivity contribution in [1.82, 2.24) is 5.32 Å². The molecule has 5 heteroatoms. The highest BCUT2D eigenvalue weighted by Crippen LogP contribution is 2.39. The lowest BCUT2D eigenvalue weighted by atomic mass is 10.1. The number of rotatable bonds is 0. The predicted molar refractivity (Wildman–Crippen MR) is 47.7 cm³/mol. The van der Waals surface area contributed by atoms with Gasteiger partial charge in [-0.15, -0.1) is 0 Å². The van der Waals surface area contributed by atoms with Gasteiger partial charge in [0.2, 0.25) is 0 Å². The number of thioether (sulfide) groups is 1. The van der Waals surface area contributed by atoms with E-state index >= 15 is 0 Å². The molecule has 0 aromatic rings. The van der Waals surface area contributed by atoms with E-state index in [2.05, 4.69) is 5.32 Å². The molecule has 2 atom stereocenters. The summed E-state index contributed by atoms with van der Waals surface area (Å²) in [5.41, 5.74) is -0.693. The molecule has 68 valence electrons. The van der Waals surface area contributed by atoms with Crippen LogP contribution in [0, 0.1) is 11.3 Å². The third kappa shape index (κ3) is 1.27. The van der Waals surface area contributed by atoms with E-state index in [1.165, 1.54) is 11.8 Å². The number of ether oxygens (including phenoxy) is 1. The lowest BCUT2D eigenvalue weighted by Gasteiger charge is -2.32. The number of allylic oxidation sites excluding steroid dienone is 2. The fourth-order valence-electron chi connectivity index (χ4n) is 1.47. The second kappa shape index (κ2) is 2.67. The summed E-state index contributed by atoms with van der Waals surface area (Å²) in [6.45, 7) is 1.79. The Morgan fingerprint density at radius 3 is 3.38 bits per heavy atom. The summed E-state index contributed by atoms with van der Waals surface area (Å²) in [4.78, 5) is 11.1. The Morgan fingerprint density at radius 2 is 2.69 bits per heavy atom. The van der Waals surface area contributed by atoms with Crippen molar-refractivity contribution in [1.29, 1.82) is 5.26 Å². The minimum atomic E-state index is -0.693. The zero-order chi connectivity index (χ0) is 9.47. The van der Waals surface area contributed by atoms with Gasteiger partial charge in [0.15, 0.2) is 11.5 Å². The van der Waals surface area contributed by atoms with Crippen molar-refractivity contribution in [3.05, 3.63) is 11.8 Å². The van der Waals surface area contributed by atoms with Crippen LogP contribution in [0.15, 0.2) is 11.8 Å². The van der Waals surface area contributed by atoms with Gasteiger partial charge in [0, 0.05) is 0 Å². The summed E-state index contributed by atoms with van der Waals surface area (Å²) in [6.07, 6.45) is 2.42. The molecule has 2 heterocycles. The molecule has 0 aromatic heterocycles. The lowest BCUT2D eigenvalue weighted by Crippen LogP contribution is -2.48. The van der Waals surface area contributed by atoms with Crippen LogP contribution in [0.25, 0.3) is 0 Å². The Morgan fingerprint density at radius 1 is 1.92 bits per heavy atom. The zero-order valence-corrected chi connectivity index (χ0v) is 7.85. The molecule has 0 spiro atoms. The quantitative estimate of drug-likeness (QED) is 0.635. The molecule has 0 saturated carbocycles. The number of amides is 1. The maximum atomic E-state index is 11.1. The summed E-state index contributed by atoms with van der Waals surface area (Å²) in [7, 11) is 0. The van der Waals surface area contributed by atoms with Crippen molar-refractivity contribution in [2.45, 2.75) is 24.3 Å². The number of nitriles is 1. The molecule has 0 unspecified atom stereocenters. The molecule has 0 aromatic carbocycles. The van der Waals surface area contributed by atoms with E-state index < -0.39 is 5.72 Å². The molecule has 1 saturated heterocycles. The fourth-order valence-corrected chi connectivity index (χ4v) is 2.52. The van der Waals surface area contributed by atoms with Crippen LogP contribution in [0.5, 0.6) is 0 Å². The van der Waals surface area contributed by atoms with Gasteiger partial charge >= 0.3 is 0 Å². The monoisotopic (exact) mass is 196 g/mol. The van der Waals surface area contributed by atoms with Crippen LogP contribution in [0.2, 0.25) is 0 Å². The van der Waals surface area contributed by atoms with Gasteiger partial charge < -0.3 is 10.1 Å². The van der Waals surface area contributed by atoms with Crippen molar-refractivity contribution in [3.8, 4) is 6.07 Å². The van der Waals surface area contributed by atoms with Gasteiger partial charge in [-0.1, -0.05) is 11.8 Å². The minimum absolute atomic E-state index is 0.0806. The molecule has 0 bridgehead atoms. The normalized spacial score (nSPS) is 36.8. The second-order valence-electron chi connectivity index (χ2n) is 3.14. The van der Waals surface area contributed by atoms with Crippen LogP contribution in [-0.2, 0) is 4.74 Å². The molecule has 4 nitrogen and oxygen atoms in total. The van der Waals surface area contributed by atoms with E-state index in [1.807, 2.05) is 6.07 Å². The van der Waals surface area contributed by atoms with Crippen molar-refractivity contribution in [3.63, 3.8) is 0 Å². The van der Waals surface area contributed by atoms with Gasteiger partial charge in [-0.05, 0) is 19.4 Å². The van der Waals surface area contributed by atoms with Crippen molar-refractivity contribution in [2.24, 2.45) is 0 Å². The number of carbonyl (C=O) groups is 1. The van der Waals surface area contributed by atoms with E-state index in [4.69, 9.17) is 10.00 Å². The highest BCUT2D eigenvalue weighted by molar-refractivity contribution is 8.14. The van der Waals surface area contributed by atoms with Crippen molar-refractivity contribution < 1.29 is 9.53 Å². The van der Waals surface area contributed by atoms with Crippen LogP contribution < -0.4 is 5.32 Å². The molecule has 0 aliphatic carbocycles. The second-order valence-corrected chi connectivity index (χ2v) is 4.32. The largest absolute Gasteiger partial charge is 0.457 e. The minimum Gasteiger partial charge on any atom is -0.457 e. The zero-order valence-electron chi connectivity index (χ0n) is 7.03. The summed E-state index contributed by atoms with van der Waals surface area (Å²) in [5, 5.41) is 11.3. The molecule has 1 N–H and O–H groups in total. The number of nitrogens with zero attached hydrogens (tertiary/aromatic N) is 1. The van der Waals surface area contributed by atoms with Crippen LogP contribution in [0.4, 0.5) is 4.79 Å². The van der Waals surface area contributed by atoms with Gasteiger partial charge in [0.25, 0.3) is 5.24 Å². The number of hydrogen-bond acceptors (Lipinski definition) is 4. The maximum absolute atomic E-state index is 11.1. The fraction of sp³-hybridized carbons (Fsp3) is 0.500. The smallest absolute Gasteiger partial charge is 0.282 e. The molecule has 2 aliphatic heterocycles. The number of carbonyl (C=O) groups excluding carboxylic acids is 1. The van der Waals surface area contributed by atoms with Gasteiger partial charge in [0.1, 0.15) is 6.07 Å². The first-order valence-corrected chi connectivity index (χ1v) is 4.80. The third-order valence-electron chi connectivity index (χ3n) is 2.16. The first-order chi connectivity index (χ1) is 6.14. The number of nitrogens with one attached hydrogen (secondary N) is 1. The van der Waals surface area contributed by atoms with E-state index in [1.54, 1.807) is 13.0 Å². The predicted octanol–water partition coefficient (Wildman–Crippen LogP) is 1.36. The Bertz CT molecular complexity index is 334. The van der Waals surface area contributed by atoms with Crippen LogP contribution in [-0.4, -0.2) is 16.2 Å². The van der Waals surface area contributed by atoms with Crippen LogP contribution in [0.3, 0.4) is 0 Å². The molecular formula is C8H8N2O2S. The van der Waals surface area contributed by atoms with Crippen molar-refractivity contribution >= 4 is 17.0 Å². The summed E-state index contributed by atoms with van der Waals surface area (Å²) in [5.74, 6) is 0.293. The Kier molecular flexibility index (Phi) is 1.74. The summed E-state index contributed by atoms with van der Waals surface area (Å²) < 4.78 is 5.36. The molecule has 2 rings (SSSR count). The van der Waals surface area contributed by atoms with E-state index in [0.717, 1.165) is 0 Å². The standard InChI is InChI=1S/C8H8N2O2S/c1-8-6(13-7(11)10-8)3-2-5(4-9)12-8/h2,6H,3H2,1H3,(H,10,11)/t6-,8-/m1/s1. The van der Waals surface area contributed by atoms with E-state index in [0.29, 0.717) is 12.2 Å². The topological polar surface area (TPSA) is 62.1 Å². The van der Waals surface area contributed by atoms with E-state index in [-0.39, 0.29) is 10.5 Å². The highest BCUT2D eigenvalue weighted by atomic mass is 32.2. The van der Waals surface area contributed by atoms with Gasteiger partial charge in [-0.25, -0.2) is 0 Å². The molecule has 1 fully saturated rings. The Balaban J connectivity index is 2.25. The molecule has 0 radical (unpaired) electrons. The van der Waals surface area contributed by atoms with Gasteiger partial charge in [-0.3, -0.25) is 4.79 Å². The highest BCUT2D eigenvalue weighted by Gasteiger charge is 2.47. The van der Waals surface area contributed by atoms with E-state index in [9.17, 15) is 4.79 Å². The molecule has 1 amide bonds.